The first-order chi connectivity index (χ1) is 10.8. The van der Waals surface area contributed by atoms with Crippen molar-refractivity contribution in [1.29, 1.82) is 0 Å². The van der Waals surface area contributed by atoms with Gasteiger partial charge in [-0.25, -0.2) is 0 Å². The predicted molar refractivity (Wildman–Crippen MR) is 95.8 cm³/mol. The molecule has 0 N–H and O–H groups in total. The van der Waals surface area contributed by atoms with Crippen LogP contribution < -0.4 is 10.6 Å². The van der Waals surface area contributed by atoms with E-state index < -0.39 is 7.14 Å². The second-order valence-electron chi connectivity index (χ2n) is 5.97. The Morgan fingerprint density at radius 2 is 1.36 bits per heavy atom. The Labute approximate surface area is 133 Å². The molecule has 1 aliphatic rings. The molecule has 22 heavy (non-hydrogen) atoms. The van der Waals surface area contributed by atoms with Crippen LogP contribution in [0.25, 0.3) is 0 Å². The van der Waals surface area contributed by atoms with Gasteiger partial charge in [0.2, 0.25) is 0 Å². The second kappa shape index (κ2) is 7.11. The summed E-state index contributed by atoms with van der Waals surface area (Å²) >= 11 is 0. The van der Waals surface area contributed by atoms with Crippen LogP contribution in [-0.2, 0) is 4.57 Å². The molecule has 1 aliphatic carbocycles. The van der Waals surface area contributed by atoms with Crippen LogP contribution in [0.2, 0.25) is 0 Å². The van der Waals surface area contributed by atoms with E-state index in [9.17, 15) is 4.57 Å². The van der Waals surface area contributed by atoms with Gasteiger partial charge < -0.3 is 4.57 Å². The Bertz CT molecular complexity index is 617. The fourth-order valence-electron chi connectivity index (χ4n) is 3.33. The smallest absolute Gasteiger partial charge is 0.146 e. The highest BCUT2D eigenvalue weighted by atomic mass is 31.2. The summed E-state index contributed by atoms with van der Waals surface area (Å²) in [6.07, 6.45) is 9.99. The van der Waals surface area contributed by atoms with Crippen molar-refractivity contribution in [3.05, 3.63) is 72.8 Å². The van der Waals surface area contributed by atoms with Gasteiger partial charge in [-0.05, 0) is 25.7 Å². The maximum absolute atomic E-state index is 14.2. The zero-order valence-corrected chi connectivity index (χ0v) is 13.8. The summed E-state index contributed by atoms with van der Waals surface area (Å²) in [5.41, 5.74) is 0.217. The topological polar surface area (TPSA) is 17.1 Å². The van der Waals surface area contributed by atoms with Gasteiger partial charge in [0.1, 0.15) is 7.14 Å². The van der Waals surface area contributed by atoms with Gasteiger partial charge in [0.05, 0.1) is 0 Å². The molecule has 0 spiro atoms. The molecule has 2 aromatic rings. The van der Waals surface area contributed by atoms with Gasteiger partial charge in [-0.1, -0.05) is 79.2 Å². The van der Waals surface area contributed by atoms with E-state index in [4.69, 9.17) is 0 Å². The van der Waals surface area contributed by atoms with Crippen molar-refractivity contribution < 1.29 is 4.57 Å². The molecular weight excluding hydrogens is 287 g/mol. The molecule has 2 heteroatoms. The Balaban J connectivity index is 2.09. The van der Waals surface area contributed by atoms with Gasteiger partial charge in [-0.15, -0.1) is 0 Å². The van der Waals surface area contributed by atoms with E-state index in [0.29, 0.717) is 0 Å². The van der Waals surface area contributed by atoms with E-state index in [0.717, 1.165) is 29.9 Å². The van der Waals surface area contributed by atoms with E-state index in [1.54, 1.807) is 0 Å². The largest absolute Gasteiger partial charge is 0.313 e. The highest BCUT2D eigenvalue weighted by Crippen LogP contribution is 2.52. The minimum atomic E-state index is -2.60. The average Bonchev–Trinajstić information content (AvgIpc) is 2.55. The van der Waals surface area contributed by atoms with Crippen LogP contribution in [0.3, 0.4) is 0 Å². The Morgan fingerprint density at radius 3 is 1.95 bits per heavy atom. The van der Waals surface area contributed by atoms with Crippen LogP contribution >= 0.6 is 7.14 Å². The standard InChI is InChI=1S/C20H23OP/c21-22(19-14-8-4-9-15-19,20-16-10-5-11-17-20)18-12-6-2-1-3-7-13-18/h2,4-6,8-11,14-18H,1,3,7,12-13H2/b6-2-. The van der Waals surface area contributed by atoms with Crippen LogP contribution in [0.4, 0.5) is 0 Å². The zero-order chi connectivity index (χ0) is 15.3. The van der Waals surface area contributed by atoms with Gasteiger partial charge >= 0.3 is 0 Å². The van der Waals surface area contributed by atoms with Gasteiger partial charge in [0, 0.05) is 16.3 Å². The Hall–Kier alpha value is -1.59. The van der Waals surface area contributed by atoms with Crippen molar-refractivity contribution in [2.45, 2.75) is 37.8 Å². The maximum atomic E-state index is 14.2. The van der Waals surface area contributed by atoms with Crippen molar-refractivity contribution in [3.63, 3.8) is 0 Å². The summed E-state index contributed by atoms with van der Waals surface area (Å²) in [7, 11) is -2.60. The second-order valence-corrected chi connectivity index (χ2v) is 9.05. The van der Waals surface area contributed by atoms with Gasteiger partial charge in [-0.3, -0.25) is 0 Å². The summed E-state index contributed by atoms with van der Waals surface area (Å²) in [6.45, 7) is 0. The van der Waals surface area contributed by atoms with Gasteiger partial charge in [0.15, 0.2) is 0 Å². The van der Waals surface area contributed by atoms with Crippen LogP contribution in [0.15, 0.2) is 72.8 Å². The van der Waals surface area contributed by atoms with Crippen molar-refractivity contribution in [2.75, 3.05) is 0 Å². The third-order valence-corrected chi connectivity index (χ3v) is 8.15. The molecule has 0 fully saturated rings. The average molecular weight is 310 g/mol. The monoisotopic (exact) mass is 310 g/mol. The first-order valence-electron chi connectivity index (χ1n) is 8.18. The number of hydrogen-bond donors (Lipinski definition) is 0. The van der Waals surface area contributed by atoms with E-state index in [2.05, 4.69) is 12.2 Å². The molecule has 1 unspecified atom stereocenters. The normalized spacial score (nSPS) is 20.8. The Morgan fingerprint density at radius 1 is 0.773 bits per heavy atom. The molecule has 2 aromatic carbocycles. The van der Waals surface area contributed by atoms with Gasteiger partial charge in [-0.2, -0.15) is 0 Å². The van der Waals surface area contributed by atoms with Crippen molar-refractivity contribution in [1.82, 2.24) is 0 Å². The van der Waals surface area contributed by atoms with Crippen LogP contribution in [0.5, 0.6) is 0 Å². The first-order valence-corrected chi connectivity index (χ1v) is 9.95. The quantitative estimate of drug-likeness (QED) is 0.583. The molecule has 114 valence electrons. The summed E-state index contributed by atoms with van der Waals surface area (Å²) in [5.74, 6) is 0. The molecule has 0 heterocycles. The predicted octanol–water partition coefficient (Wildman–Crippen LogP) is 4.89. The summed E-state index contributed by atoms with van der Waals surface area (Å²) in [6, 6.07) is 20.2. The lowest BCUT2D eigenvalue weighted by Crippen LogP contribution is -2.26. The lowest BCUT2D eigenvalue weighted by atomic mass is 10.1. The van der Waals surface area contributed by atoms with Crippen LogP contribution in [-0.4, -0.2) is 5.66 Å². The molecule has 3 rings (SSSR count). The molecular formula is C20H23OP. The van der Waals surface area contributed by atoms with Crippen molar-refractivity contribution >= 4 is 17.8 Å². The number of allylic oxidation sites excluding steroid dienone is 2. The molecule has 0 saturated heterocycles. The van der Waals surface area contributed by atoms with E-state index >= 15 is 0 Å². The fraction of sp³-hybridized carbons (Fsp3) is 0.300. The first kappa shape index (κ1) is 15.3. The highest BCUT2D eigenvalue weighted by molar-refractivity contribution is 7.79. The lowest BCUT2D eigenvalue weighted by molar-refractivity contribution is 0.561. The molecule has 1 atom stereocenters. The number of benzene rings is 2. The molecule has 0 saturated carbocycles. The Kier molecular flexibility index (Phi) is 4.95. The molecule has 0 amide bonds. The fourth-order valence-corrected chi connectivity index (χ4v) is 6.67. The summed E-state index contributed by atoms with van der Waals surface area (Å²) < 4.78 is 14.2. The van der Waals surface area contributed by atoms with Gasteiger partial charge in [0.25, 0.3) is 0 Å². The minimum absolute atomic E-state index is 0.217. The highest BCUT2D eigenvalue weighted by Gasteiger charge is 2.35. The van der Waals surface area contributed by atoms with Crippen LogP contribution in [0, 0.1) is 0 Å². The van der Waals surface area contributed by atoms with Crippen molar-refractivity contribution in [2.24, 2.45) is 0 Å². The molecule has 0 bridgehead atoms. The number of hydrogen-bond acceptors (Lipinski definition) is 1. The third-order valence-electron chi connectivity index (χ3n) is 4.53. The SMILES string of the molecule is O=P(c1ccccc1)(c1ccccc1)C1C/C=C\CCCC1. The van der Waals surface area contributed by atoms with Crippen molar-refractivity contribution in [3.8, 4) is 0 Å². The van der Waals surface area contributed by atoms with Crippen LogP contribution in [0.1, 0.15) is 32.1 Å². The minimum Gasteiger partial charge on any atom is -0.313 e. The number of rotatable bonds is 3. The molecule has 0 radical (unpaired) electrons. The summed E-state index contributed by atoms with van der Waals surface area (Å²) in [5, 5.41) is 2.00. The molecule has 1 nitrogen and oxygen atoms in total. The van der Waals surface area contributed by atoms with E-state index in [1.165, 1.54) is 12.8 Å². The van der Waals surface area contributed by atoms with E-state index in [-0.39, 0.29) is 5.66 Å². The zero-order valence-electron chi connectivity index (χ0n) is 12.9. The molecule has 0 aliphatic heterocycles. The lowest BCUT2D eigenvalue weighted by Gasteiger charge is -2.29. The maximum Gasteiger partial charge on any atom is 0.146 e. The summed E-state index contributed by atoms with van der Waals surface area (Å²) in [4.78, 5) is 0. The molecule has 0 aromatic heterocycles. The van der Waals surface area contributed by atoms with E-state index in [1.807, 2.05) is 60.7 Å². The third kappa shape index (κ3) is 3.10.